The van der Waals surface area contributed by atoms with Gasteiger partial charge in [-0.15, -0.1) is 0 Å². The monoisotopic (exact) mass is 262 g/mol. The Bertz CT molecular complexity index is 362. The standard InChI is InChI=1S/C16H26N2O/c1-2-14-19-16-8-4-3-6-15(16)7-5-11-18-12-9-17-10-13-18/h3-4,6,8,17H,2,5,7,9-14H2,1H3. The second-order valence-electron chi connectivity index (χ2n) is 5.15. The fourth-order valence-corrected chi connectivity index (χ4v) is 2.49. The van der Waals surface area contributed by atoms with E-state index in [1.54, 1.807) is 0 Å². The third-order valence-corrected chi connectivity index (χ3v) is 3.56. The molecule has 1 aliphatic rings. The zero-order chi connectivity index (χ0) is 13.3. The van der Waals surface area contributed by atoms with Crippen molar-refractivity contribution in [2.24, 2.45) is 0 Å². The quantitative estimate of drug-likeness (QED) is 0.816. The van der Waals surface area contributed by atoms with Gasteiger partial charge in [-0.2, -0.15) is 0 Å². The largest absolute Gasteiger partial charge is 0.493 e. The molecule has 0 saturated carbocycles. The molecule has 0 unspecified atom stereocenters. The molecule has 0 radical (unpaired) electrons. The van der Waals surface area contributed by atoms with E-state index in [0.717, 1.165) is 38.3 Å². The predicted octanol–water partition coefficient (Wildman–Crippen LogP) is 2.31. The van der Waals surface area contributed by atoms with Crippen molar-refractivity contribution in [3.05, 3.63) is 29.8 Å². The molecule has 1 N–H and O–H groups in total. The smallest absolute Gasteiger partial charge is 0.122 e. The van der Waals surface area contributed by atoms with Crippen LogP contribution in [0.5, 0.6) is 5.75 Å². The number of benzene rings is 1. The Labute approximate surface area is 116 Å². The maximum atomic E-state index is 5.81. The molecule has 1 saturated heterocycles. The zero-order valence-corrected chi connectivity index (χ0v) is 12.0. The summed E-state index contributed by atoms with van der Waals surface area (Å²) in [6.45, 7) is 8.81. The molecule has 106 valence electrons. The van der Waals surface area contributed by atoms with E-state index in [4.69, 9.17) is 4.74 Å². The van der Waals surface area contributed by atoms with Crippen LogP contribution in [0.3, 0.4) is 0 Å². The number of piperazine rings is 1. The van der Waals surface area contributed by atoms with Crippen LogP contribution in [0.25, 0.3) is 0 Å². The molecular weight excluding hydrogens is 236 g/mol. The molecule has 0 atom stereocenters. The van der Waals surface area contributed by atoms with Gasteiger partial charge in [-0.25, -0.2) is 0 Å². The van der Waals surface area contributed by atoms with Crippen LogP contribution in [0.2, 0.25) is 0 Å². The molecule has 0 spiro atoms. The molecule has 1 aromatic carbocycles. The third-order valence-electron chi connectivity index (χ3n) is 3.56. The Morgan fingerprint density at radius 3 is 2.79 bits per heavy atom. The molecule has 3 nitrogen and oxygen atoms in total. The van der Waals surface area contributed by atoms with Gasteiger partial charge in [-0.1, -0.05) is 25.1 Å². The van der Waals surface area contributed by atoms with Gasteiger partial charge in [0.25, 0.3) is 0 Å². The van der Waals surface area contributed by atoms with Crippen LogP contribution in [-0.2, 0) is 6.42 Å². The molecule has 1 aliphatic heterocycles. The molecule has 19 heavy (non-hydrogen) atoms. The maximum Gasteiger partial charge on any atom is 0.122 e. The molecule has 2 rings (SSSR count). The summed E-state index contributed by atoms with van der Waals surface area (Å²) < 4.78 is 5.81. The van der Waals surface area contributed by atoms with Crippen molar-refractivity contribution in [1.82, 2.24) is 10.2 Å². The lowest BCUT2D eigenvalue weighted by Gasteiger charge is -2.27. The van der Waals surface area contributed by atoms with Crippen molar-refractivity contribution < 1.29 is 4.74 Å². The van der Waals surface area contributed by atoms with E-state index >= 15 is 0 Å². The van der Waals surface area contributed by atoms with E-state index in [2.05, 4.69) is 41.4 Å². The Morgan fingerprint density at radius 1 is 1.21 bits per heavy atom. The highest BCUT2D eigenvalue weighted by molar-refractivity contribution is 5.33. The van der Waals surface area contributed by atoms with Gasteiger partial charge in [0, 0.05) is 26.2 Å². The fourth-order valence-electron chi connectivity index (χ4n) is 2.49. The number of hydrogen-bond donors (Lipinski definition) is 1. The summed E-state index contributed by atoms with van der Waals surface area (Å²) in [6.07, 6.45) is 3.39. The second kappa shape index (κ2) is 8.18. The molecule has 0 aliphatic carbocycles. The minimum atomic E-state index is 0.814. The van der Waals surface area contributed by atoms with Gasteiger partial charge in [-0.05, 0) is 37.4 Å². The predicted molar refractivity (Wildman–Crippen MR) is 79.9 cm³/mol. The van der Waals surface area contributed by atoms with E-state index in [0.29, 0.717) is 0 Å². The molecular formula is C16H26N2O. The highest BCUT2D eigenvalue weighted by Gasteiger charge is 2.09. The average molecular weight is 262 g/mol. The van der Waals surface area contributed by atoms with E-state index in [1.807, 2.05) is 0 Å². The van der Waals surface area contributed by atoms with Crippen LogP contribution in [0.1, 0.15) is 25.3 Å². The van der Waals surface area contributed by atoms with Crippen molar-refractivity contribution in [2.45, 2.75) is 26.2 Å². The lowest BCUT2D eigenvalue weighted by Crippen LogP contribution is -2.43. The molecule has 0 bridgehead atoms. The highest BCUT2D eigenvalue weighted by Crippen LogP contribution is 2.19. The van der Waals surface area contributed by atoms with Gasteiger partial charge in [0.05, 0.1) is 6.61 Å². The first-order chi connectivity index (χ1) is 9.40. The Balaban J connectivity index is 1.77. The van der Waals surface area contributed by atoms with Gasteiger partial charge in [0.15, 0.2) is 0 Å². The zero-order valence-electron chi connectivity index (χ0n) is 12.0. The number of nitrogens with one attached hydrogen (secondary N) is 1. The lowest BCUT2D eigenvalue weighted by molar-refractivity contribution is 0.238. The van der Waals surface area contributed by atoms with Gasteiger partial charge >= 0.3 is 0 Å². The van der Waals surface area contributed by atoms with E-state index in [1.165, 1.54) is 31.6 Å². The number of nitrogens with zero attached hydrogens (tertiary/aromatic N) is 1. The number of aryl methyl sites for hydroxylation is 1. The normalized spacial score (nSPS) is 16.5. The van der Waals surface area contributed by atoms with Crippen LogP contribution >= 0.6 is 0 Å². The summed E-state index contributed by atoms with van der Waals surface area (Å²) in [5, 5.41) is 3.39. The van der Waals surface area contributed by atoms with Gasteiger partial charge in [0.1, 0.15) is 5.75 Å². The lowest BCUT2D eigenvalue weighted by atomic mass is 10.1. The molecule has 0 aromatic heterocycles. The molecule has 0 amide bonds. The summed E-state index contributed by atoms with van der Waals surface area (Å²) in [5.41, 5.74) is 1.35. The number of para-hydroxylation sites is 1. The topological polar surface area (TPSA) is 24.5 Å². The van der Waals surface area contributed by atoms with Gasteiger partial charge in [0.2, 0.25) is 0 Å². The Morgan fingerprint density at radius 2 is 2.00 bits per heavy atom. The van der Waals surface area contributed by atoms with Crippen molar-refractivity contribution in [3.8, 4) is 5.75 Å². The average Bonchev–Trinajstić information content (AvgIpc) is 2.47. The SMILES string of the molecule is CCCOc1ccccc1CCCN1CCNCC1. The first-order valence-electron chi connectivity index (χ1n) is 7.54. The summed E-state index contributed by atoms with van der Waals surface area (Å²) >= 11 is 0. The van der Waals surface area contributed by atoms with Crippen LogP contribution in [-0.4, -0.2) is 44.2 Å². The maximum absolute atomic E-state index is 5.81. The molecule has 3 heteroatoms. The molecule has 1 heterocycles. The number of rotatable bonds is 7. The fraction of sp³-hybridized carbons (Fsp3) is 0.625. The Hall–Kier alpha value is -1.06. The number of hydrogen-bond acceptors (Lipinski definition) is 3. The van der Waals surface area contributed by atoms with Crippen molar-refractivity contribution in [1.29, 1.82) is 0 Å². The van der Waals surface area contributed by atoms with Crippen LogP contribution in [0.15, 0.2) is 24.3 Å². The summed E-state index contributed by atoms with van der Waals surface area (Å²) in [5.74, 6) is 1.07. The minimum absolute atomic E-state index is 0.814. The van der Waals surface area contributed by atoms with Crippen LogP contribution in [0.4, 0.5) is 0 Å². The molecule has 1 fully saturated rings. The summed E-state index contributed by atoms with van der Waals surface area (Å²) in [7, 11) is 0. The van der Waals surface area contributed by atoms with Gasteiger partial charge in [-0.3, -0.25) is 0 Å². The van der Waals surface area contributed by atoms with E-state index in [9.17, 15) is 0 Å². The van der Waals surface area contributed by atoms with E-state index in [-0.39, 0.29) is 0 Å². The minimum Gasteiger partial charge on any atom is -0.493 e. The number of ether oxygens (including phenoxy) is 1. The summed E-state index contributed by atoms with van der Waals surface area (Å²) in [6, 6.07) is 8.46. The van der Waals surface area contributed by atoms with Crippen LogP contribution in [0, 0.1) is 0 Å². The van der Waals surface area contributed by atoms with Crippen LogP contribution < -0.4 is 10.1 Å². The van der Waals surface area contributed by atoms with E-state index < -0.39 is 0 Å². The third kappa shape index (κ3) is 4.84. The molecule has 1 aromatic rings. The van der Waals surface area contributed by atoms with Crippen molar-refractivity contribution in [3.63, 3.8) is 0 Å². The Kier molecular flexibility index (Phi) is 6.18. The van der Waals surface area contributed by atoms with Crippen molar-refractivity contribution >= 4 is 0 Å². The highest BCUT2D eigenvalue weighted by atomic mass is 16.5. The van der Waals surface area contributed by atoms with Gasteiger partial charge < -0.3 is 15.0 Å². The van der Waals surface area contributed by atoms with Crippen molar-refractivity contribution in [2.75, 3.05) is 39.3 Å². The first-order valence-corrected chi connectivity index (χ1v) is 7.54. The first kappa shape index (κ1) is 14.4. The second-order valence-corrected chi connectivity index (χ2v) is 5.15. The summed E-state index contributed by atoms with van der Waals surface area (Å²) in [4.78, 5) is 2.55.